The predicted molar refractivity (Wildman–Crippen MR) is 85.5 cm³/mol. The zero-order valence-electron chi connectivity index (χ0n) is 13.7. The molecule has 0 amide bonds. The highest BCUT2D eigenvalue weighted by molar-refractivity contribution is 4.93. The largest absolute Gasteiger partial charge is 0.378 e. The maximum atomic E-state index is 6.26. The van der Waals surface area contributed by atoms with Gasteiger partial charge >= 0.3 is 0 Å². The van der Waals surface area contributed by atoms with Crippen molar-refractivity contribution < 1.29 is 9.47 Å². The van der Waals surface area contributed by atoms with Crippen molar-refractivity contribution in [1.82, 2.24) is 5.32 Å². The molecule has 2 saturated heterocycles. The van der Waals surface area contributed by atoms with Crippen molar-refractivity contribution >= 4 is 0 Å². The molecule has 0 aromatic carbocycles. The molecule has 3 atom stereocenters. The fourth-order valence-corrected chi connectivity index (χ4v) is 4.78. The monoisotopic (exact) mass is 295 g/mol. The summed E-state index contributed by atoms with van der Waals surface area (Å²) in [5.74, 6) is 0.771. The zero-order chi connectivity index (χ0) is 14.5. The van der Waals surface area contributed by atoms with Gasteiger partial charge in [-0.15, -0.1) is 0 Å². The molecular weight excluding hydrogens is 262 g/mol. The van der Waals surface area contributed by atoms with Crippen molar-refractivity contribution in [2.45, 2.75) is 88.4 Å². The first kappa shape index (κ1) is 15.8. The standard InChI is InChI=1S/C18H33NO2/c1-19-17(13-16-7-3-6-11-20-16)15-8-12-21-18(14-15)9-4-2-5-10-18/h15-17,19H,2-14H2,1H3. The summed E-state index contributed by atoms with van der Waals surface area (Å²) in [7, 11) is 2.14. The van der Waals surface area contributed by atoms with Gasteiger partial charge in [0.15, 0.2) is 0 Å². The number of nitrogens with one attached hydrogen (secondary N) is 1. The van der Waals surface area contributed by atoms with Crippen LogP contribution in [0.3, 0.4) is 0 Å². The van der Waals surface area contributed by atoms with Crippen LogP contribution in [0, 0.1) is 5.92 Å². The number of hydrogen-bond acceptors (Lipinski definition) is 3. The van der Waals surface area contributed by atoms with E-state index in [0.29, 0.717) is 12.1 Å². The molecule has 0 aromatic rings. The molecule has 21 heavy (non-hydrogen) atoms. The molecule has 0 aromatic heterocycles. The van der Waals surface area contributed by atoms with Crippen LogP contribution in [0.25, 0.3) is 0 Å². The molecule has 1 N–H and O–H groups in total. The van der Waals surface area contributed by atoms with Gasteiger partial charge < -0.3 is 14.8 Å². The second kappa shape index (κ2) is 7.43. The highest BCUT2D eigenvalue weighted by atomic mass is 16.5. The molecule has 3 unspecified atom stereocenters. The van der Waals surface area contributed by atoms with Gasteiger partial charge in [0, 0.05) is 19.3 Å². The quantitative estimate of drug-likeness (QED) is 0.858. The molecule has 3 heteroatoms. The van der Waals surface area contributed by atoms with Gasteiger partial charge in [0.1, 0.15) is 0 Å². The molecule has 122 valence electrons. The molecule has 3 nitrogen and oxygen atoms in total. The van der Waals surface area contributed by atoms with Crippen LogP contribution in [0.1, 0.15) is 70.6 Å². The van der Waals surface area contributed by atoms with Gasteiger partial charge in [0.25, 0.3) is 0 Å². The molecule has 1 aliphatic carbocycles. The summed E-state index contributed by atoms with van der Waals surface area (Å²) in [4.78, 5) is 0. The van der Waals surface area contributed by atoms with Gasteiger partial charge in [0.2, 0.25) is 0 Å². The second-order valence-corrected chi connectivity index (χ2v) is 7.46. The lowest BCUT2D eigenvalue weighted by molar-refractivity contribution is -0.124. The molecule has 2 aliphatic heterocycles. The Kier molecular flexibility index (Phi) is 5.58. The minimum Gasteiger partial charge on any atom is -0.378 e. The van der Waals surface area contributed by atoms with Crippen LogP contribution < -0.4 is 5.32 Å². The summed E-state index contributed by atoms with van der Waals surface area (Å²) in [6, 6.07) is 0.607. The lowest BCUT2D eigenvalue weighted by Gasteiger charge is -2.46. The maximum Gasteiger partial charge on any atom is 0.0685 e. The summed E-state index contributed by atoms with van der Waals surface area (Å²) in [6.45, 7) is 1.94. The Morgan fingerprint density at radius 1 is 1.05 bits per heavy atom. The molecule has 0 radical (unpaired) electrons. The van der Waals surface area contributed by atoms with Crippen molar-refractivity contribution in [3.63, 3.8) is 0 Å². The van der Waals surface area contributed by atoms with E-state index >= 15 is 0 Å². The smallest absolute Gasteiger partial charge is 0.0685 e. The van der Waals surface area contributed by atoms with Gasteiger partial charge in [-0.25, -0.2) is 0 Å². The van der Waals surface area contributed by atoms with Crippen LogP contribution in [0.4, 0.5) is 0 Å². The Hall–Kier alpha value is -0.120. The van der Waals surface area contributed by atoms with Crippen LogP contribution in [-0.2, 0) is 9.47 Å². The van der Waals surface area contributed by atoms with Crippen LogP contribution in [-0.4, -0.2) is 38.0 Å². The van der Waals surface area contributed by atoms with Gasteiger partial charge in [-0.3, -0.25) is 0 Å². The van der Waals surface area contributed by atoms with E-state index < -0.39 is 0 Å². The lowest BCUT2D eigenvalue weighted by atomic mass is 9.73. The third kappa shape index (κ3) is 4.00. The highest BCUT2D eigenvalue weighted by Gasteiger charge is 2.40. The van der Waals surface area contributed by atoms with Crippen molar-refractivity contribution in [1.29, 1.82) is 0 Å². The van der Waals surface area contributed by atoms with Crippen molar-refractivity contribution in [2.75, 3.05) is 20.3 Å². The van der Waals surface area contributed by atoms with Gasteiger partial charge in [-0.1, -0.05) is 19.3 Å². The molecule has 1 saturated carbocycles. The van der Waals surface area contributed by atoms with Gasteiger partial charge in [-0.05, 0) is 64.3 Å². The molecule has 3 rings (SSSR count). The van der Waals surface area contributed by atoms with E-state index in [1.807, 2.05) is 0 Å². The normalized spacial score (nSPS) is 34.7. The minimum absolute atomic E-state index is 0.226. The van der Waals surface area contributed by atoms with E-state index in [-0.39, 0.29) is 5.60 Å². The minimum atomic E-state index is 0.226. The molecule has 0 bridgehead atoms. The Morgan fingerprint density at radius 3 is 2.62 bits per heavy atom. The summed E-state index contributed by atoms with van der Waals surface area (Å²) in [5, 5.41) is 3.61. The fourth-order valence-electron chi connectivity index (χ4n) is 4.78. The Morgan fingerprint density at radius 2 is 1.90 bits per heavy atom. The predicted octanol–water partition coefficient (Wildman–Crippen LogP) is 3.66. The number of ether oxygens (including phenoxy) is 2. The maximum absolute atomic E-state index is 6.26. The Labute approximate surface area is 130 Å². The molecule has 1 spiro atoms. The van der Waals surface area contributed by atoms with E-state index in [1.165, 1.54) is 70.6 Å². The van der Waals surface area contributed by atoms with Gasteiger partial charge in [-0.2, -0.15) is 0 Å². The molecule has 2 heterocycles. The zero-order valence-corrected chi connectivity index (χ0v) is 13.7. The van der Waals surface area contributed by atoms with Crippen LogP contribution in [0.2, 0.25) is 0 Å². The number of rotatable bonds is 4. The van der Waals surface area contributed by atoms with Crippen LogP contribution in [0.15, 0.2) is 0 Å². The van der Waals surface area contributed by atoms with Gasteiger partial charge in [0.05, 0.1) is 11.7 Å². The van der Waals surface area contributed by atoms with E-state index in [9.17, 15) is 0 Å². The van der Waals surface area contributed by atoms with Crippen molar-refractivity contribution in [3.05, 3.63) is 0 Å². The molecule has 3 aliphatic rings. The van der Waals surface area contributed by atoms with Crippen LogP contribution in [0.5, 0.6) is 0 Å². The topological polar surface area (TPSA) is 30.5 Å². The van der Waals surface area contributed by atoms with Crippen LogP contribution >= 0.6 is 0 Å². The fraction of sp³-hybridized carbons (Fsp3) is 1.00. The van der Waals surface area contributed by atoms with Crippen molar-refractivity contribution in [3.8, 4) is 0 Å². The Balaban J connectivity index is 1.57. The summed E-state index contributed by atoms with van der Waals surface area (Å²) in [6.07, 6.45) is 14.7. The average Bonchev–Trinajstić information content (AvgIpc) is 2.54. The molecular formula is C18H33NO2. The second-order valence-electron chi connectivity index (χ2n) is 7.46. The van der Waals surface area contributed by atoms with Crippen molar-refractivity contribution in [2.24, 2.45) is 5.92 Å². The number of hydrogen-bond donors (Lipinski definition) is 1. The third-order valence-corrected chi connectivity index (χ3v) is 6.03. The SMILES string of the molecule is CNC(CC1CCCCO1)C1CCOC2(CCCCC2)C1. The van der Waals surface area contributed by atoms with E-state index in [4.69, 9.17) is 9.47 Å². The molecule has 3 fully saturated rings. The summed E-state index contributed by atoms with van der Waals surface area (Å²) in [5.41, 5.74) is 0.226. The highest BCUT2D eigenvalue weighted by Crippen LogP contribution is 2.42. The lowest BCUT2D eigenvalue weighted by Crippen LogP contribution is -2.48. The van der Waals surface area contributed by atoms with E-state index in [2.05, 4.69) is 12.4 Å². The van der Waals surface area contributed by atoms with E-state index in [1.54, 1.807) is 0 Å². The first-order valence-electron chi connectivity index (χ1n) is 9.24. The third-order valence-electron chi connectivity index (χ3n) is 6.03. The van der Waals surface area contributed by atoms with E-state index in [0.717, 1.165) is 19.1 Å². The first-order chi connectivity index (χ1) is 10.3. The summed E-state index contributed by atoms with van der Waals surface area (Å²) >= 11 is 0. The summed E-state index contributed by atoms with van der Waals surface area (Å²) < 4.78 is 12.2. The first-order valence-corrected chi connectivity index (χ1v) is 9.24. The Bertz CT molecular complexity index is 303. The average molecular weight is 295 g/mol.